The van der Waals surface area contributed by atoms with Gasteiger partial charge in [0.25, 0.3) is 0 Å². The zero-order valence-electron chi connectivity index (χ0n) is 9.46. The van der Waals surface area contributed by atoms with Gasteiger partial charge in [0.05, 0.1) is 18.5 Å². The number of alkyl halides is 3. The van der Waals surface area contributed by atoms with Gasteiger partial charge in [-0.05, 0) is 13.8 Å². The molecular formula is C10H10F3N3O. The lowest BCUT2D eigenvalue weighted by Crippen LogP contribution is -2.08. The summed E-state index contributed by atoms with van der Waals surface area (Å²) in [6.07, 6.45) is -4.49. The lowest BCUT2D eigenvalue weighted by Gasteiger charge is -2.03. The second-order valence-corrected chi connectivity index (χ2v) is 3.63. The van der Waals surface area contributed by atoms with Gasteiger partial charge in [0.15, 0.2) is 17.1 Å². The standard InChI is InChI=1S/C10H10F3N3O/c1-5-4-7(17-3)9-14-8(10(11,12)13)6(2)16(9)15-5/h4H,1-3H3. The third-order valence-corrected chi connectivity index (χ3v) is 2.39. The van der Waals surface area contributed by atoms with Crippen LogP contribution in [0.25, 0.3) is 5.65 Å². The van der Waals surface area contributed by atoms with Crippen molar-refractivity contribution in [1.29, 1.82) is 0 Å². The van der Waals surface area contributed by atoms with Gasteiger partial charge in [0.1, 0.15) is 0 Å². The molecule has 0 radical (unpaired) electrons. The highest BCUT2D eigenvalue weighted by atomic mass is 19.4. The van der Waals surface area contributed by atoms with E-state index in [0.29, 0.717) is 5.69 Å². The second kappa shape index (κ2) is 3.61. The molecule has 0 saturated carbocycles. The Labute approximate surface area is 95.0 Å². The fraction of sp³-hybridized carbons (Fsp3) is 0.400. The molecule has 0 N–H and O–H groups in total. The smallest absolute Gasteiger partial charge is 0.435 e. The van der Waals surface area contributed by atoms with Crippen LogP contribution in [-0.2, 0) is 6.18 Å². The molecule has 0 bridgehead atoms. The van der Waals surface area contributed by atoms with E-state index in [-0.39, 0.29) is 17.1 Å². The van der Waals surface area contributed by atoms with Crippen molar-refractivity contribution in [3.63, 3.8) is 0 Å². The van der Waals surface area contributed by atoms with Crippen LogP contribution in [0.15, 0.2) is 6.07 Å². The topological polar surface area (TPSA) is 39.4 Å². The molecule has 0 unspecified atom stereocenters. The van der Waals surface area contributed by atoms with Gasteiger partial charge in [-0.25, -0.2) is 9.50 Å². The summed E-state index contributed by atoms with van der Waals surface area (Å²) in [5.41, 5.74) is -0.352. The molecule has 2 aromatic rings. The summed E-state index contributed by atoms with van der Waals surface area (Å²) in [4.78, 5) is 3.55. The number of methoxy groups -OCH3 is 1. The van der Waals surface area contributed by atoms with E-state index in [1.165, 1.54) is 14.0 Å². The quantitative estimate of drug-likeness (QED) is 0.774. The molecule has 4 nitrogen and oxygen atoms in total. The van der Waals surface area contributed by atoms with E-state index in [1.807, 2.05) is 0 Å². The molecule has 0 saturated heterocycles. The van der Waals surface area contributed by atoms with Gasteiger partial charge in [-0.1, -0.05) is 0 Å². The number of ether oxygens (including phenoxy) is 1. The third kappa shape index (κ3) is 1.81. The van der Waals surface area contributed by atoms with E-state index in [2.05, 4.69) is 10.1 Å². The van der Waals surface area contributed by atoms with Crippen LogP contribution < -0.4 is 4.74 Å². The van der Waals surface area contributed by atoms with E-state index in [4.69, 9.17) is 4.74 Å². The second-order valence-electron chi connectivity index (χ2n) is 3.63. The van der Waals surface area contributed by atoms with Crippen molar-refractivity contribution in [1.82, 2.24) is 14.6 Å². The fourth-order valence-electron chi connectivity index (χ4n) is 1.63. The molecule has 92 valence electrons. The normalized spacial score (nSPS) is 12.1. The monoisotopic (exact) mass is 245 g/mol. The SMILES string of the molecule is COc1cc(C)nn2c(C)c(C(F)(F)F)nc12. The largest absolute Gasteiger partial charge is 0.493 e. The number of aromatic nitrogens is 3. The molecular weight excluding hydrogens is 235 g/mol. The van der Waals surface area contributed by atoms with Crippen LogP contribution in [0, 0.1) is 13.8 Å². The Morgan fingerprint density at radius 1 is 1.29 bits per heavy atom. The Morgan fingerprint density at radius 2 is 1.94 bits per heavy atom. The lowest BCUT2D eigenvalue weighted by atomic mass is 10.3. The molecule has 2 heterocycles. The van der Waals surface area contributed by atoms with Crippen molar-refractivity contribution < 1.29 is 17.9 Å². The van der Waals surface area contributed by atoms with Crippen LogP contribution in [-0.4, -0.2) is 21.7 Å². The summed E-state index contributed by atoms with van der Waals surface area (Å²) >= 11 is 0. The molecule has 0 aromatic carbocycles. The molecule has 7 heteroatoms. The maximum absolute atomic E-state index is 12.7. The lowest BCUT2D eigenvalue weighted by molar-refractivity contribution is -0.141. The van der Waals surface area contributed by atoms with Crippen LogP contribution in [0.1, 0.15) is 17.1 Å². The number of halogens is 3. The van der Waals surface area contributed by atoms with Crippen LogP contribution in [0.4, 0.5) is 13.2 Å². The average Bonchev–Trinajstić information content (AvgIpc) is 2.55. The molecule has 0 aliphatic carbocycles. The highest BCUT2D eigenvalue weighted by molar-refractivity contribution is 5.55. The Bertz CT molecular complexity index is 574. The molecule has 2 rings (SSSR count). The Morgan fingerprint density at radius 3 is 2.47 bits per heavy atom. The number of hydrogen-bond acceptors (Lipinski definition) is 3. The van der Waals surface area contributed by atoms with E-state index in [0.717, 1.165) is 4.52 Å². The summed E-state index contributed by atoms with van der Waals surface area (Å²) in [6.45, 7) is 3.00. The van der Waals surface area contributed by atoms with Crippen LogP contribution in [0.5, 0.6) is 5.75 Å². The molecule has 0 spiro atoms. The first kappa shape index (κ1) is 11.7. The summed E-state index contributed by atoms with van der Waals surface area (Å²) in [7, 11) is 1.38. The Kier molecular flexibility index (Phi) is 2.48. The van der Waals surface area contributed by atoms with Gasteiger partial charge in [0, 0.05) is 6.07 Å². The first-order valence-electron chi connectivity index (χ1n) is 4.82. The van der Waals surface area contributed by atoms with Crippen molar-refractivity contribution in [3.8, 4) is 5.75 Å². The van der Waals surface area contributed by atoms with Crippen molar-refractivity contribution in [2.75, 3.05) is 7.11 Å². The minimum Gasteiger partial charge on any atom is -0.493 e. The molecule has 17 heavy (non-hydrogen) atoms. The molecule has 0 atom stereocenters. The highest BCUT2D eigenvalue weighted by Gasteiger charge is 2.37. The van der Waals surface area contributed by atoms with Crippen LogP contribution in [0.3, 0.4) is 0 Å². The molecule has 2 aromatic heterocycles. The third-order valence-electron chi connectivity index (χ3n) is 2.39. The Balaban J connectivity index is 2.82. The van der Waals surface area contributed by atoms with Gasteiger partial charge in [-0.2, -0.15) is 18.3 Å². The van der Waals surface area contributed by atoms with Crippen molar-refractivity contribution >= 4 is 5.65 Å². The number of imidazole rings is 1. The molecule has 0 aliphatic rings. The maximum atomic E-state index is 12.7. The van der Waals surface area contributed by atoms with E-state index < -0.39 is 11.9 Å². The zero-order valence-corrected chi connectivity index (χ0v) is 9.46. The number of aryl methyl sites for hydroxylation is 2. The first-order valence-corrected chi connectivity index (χ1v) is 4.82. The van der Waals surface area contributed by atoms with Crippen molar-refractivity contribution in [2.45, 2.75) is 20.0 Å². The van der Waals surface area contributed by atoms with Crippen LogP contribution in [0.2, 0.25) is 0 Å². The summed E-state index contributed by atoms with van der Waals surface area (Å²) in [5, 5.41) is 3.99. The number of rotatable bonds is 1. The molecule has 0 aliphatic heterocycles. The van der Waals surface area contributed by atoms with Gasteiger partial charge < -0.3 is 4.74 Å². The van der Waals surface area contributed by atoms with Gasteiger partial charge in [-0.15, -0.1) is 0 Å². The minimum absolute atomic E-state index is 0.0468. The fourth-order valence-corrected chi connectivity index (χ4v) is 1.63. The number of nitrogens with zero attached hydrogens (tertiary/aromatic N) is 3. The predicted molar refractivity (Wildman–Crippen MR) is 54.0 cm³/mol. The minimum atomic E-state index is -4.49. The van der Waals surface area contributed by atoms with Crippen molar-refractivity contribution in [2.24, 2.45) is 0 Å². The van der Waals surface area contributed by atoms with E-state index >= 15 is 0 Å². The van der Waals surface area contributed by atoms with Gasteiger partial charge >= 0.3 is 6.18 Å². The summed E-state index contributed by atoms with van der Waals surface area (Å²) in [6, 6.07) is 1.54. The zero-order chi connectivity index (χ0) is 12.8. The highest BCUT2D eigenvalue weighted by Crippen LogP contribution is 2.33. The van der Waals surface area contributed by atoms with Crippen molar-refractivity contribution in [3.05, 3.63) is 23.1 Å². The van der Waals surface area contributed by atoms with Gasteiger partial charge in [-0.3, -0.25) is 0 Å². The van der Waals surface area contributed by atoms with E-state index in [1.54, 1.807) is 13.0 Å². The predicted octanol–water partition coefficient (Wildman–Crippen LogP) is 2.37. The molecule has 0 fully saturated rings. The van der Waals surface area contributed by atoms with Crippen LogP contribution >= 0.6 is 0 Å². The average molecular weight is 245 g/mol. The molecule has 0 amide bonds. The number of hydrogen-bond donors (Lipinski definition) is 0. The maximum Gasteiger partial charge on any atom is 0.435 e. The summed E-state index contributed by atoms with van der Waals surface area (Å²) < 4.78 is 44.2. The van der Waals surface area contributed by atoms with E-state index in [9.17, 15) is 13.2 Å². The first-order chi connectivity index (χ1) is 7.84. The Hall–Kier alpha value is -1.79. The number of fused-ring (bicyclic) bond motifs is 1. The van der Waals surface area contributed by atoms with Gasteiger partial charge in [0.2, 0.25) is 0 Å². The summed E-state index contributed by atoms with van der Waals surface area (Å²) in [5.74, 6) is 0.274.